The quantitative estimate of drug-likeness (QED) is 0.522. The molecule has 0 saturated heterocycles. The lowest BCUT2D eigenvalue weighted by atomic mass is 10.2. The molecule has 0 spiro atoms. The molecule has 92 valence electrons. The second kappa shape index (κ2) is 4.85. The summed E-state index contributed by atoms with van der Waals surface area (Å²) in [4.78, 5) is 24.7. The first-order valence-corrected chi connectivity index (χ1v) is 8.85. The minimum absolute atomic E-state index is 0.0925. The second-order valence-corrected chi connectivity index (χ2v) is 9.78. The van der Waals surface area contributed by atoms with E-state index in [0.29, 0.717) is 0 Å². The van der Waals surface area contributed by atoms with Gasteiger partial charge in [0.1, 0.15) is 8.24 Å². The highest BCUT2D eigenvalue weighted by molar-refractivity contribution is 6.76. The summed E-state index contributed by atoms with van der Waals surface area (Å²) in [6.45, 7) is 5.93. The van der Waals surface area contributed by atoms with Crippen LogP contribution in [0.3, 0.4) is 0 Å². The van der Waals surface area contributed by atoms with Crippen LogP contribution in [0, 0.1) is 10.1 Å². The normalized spacial score (nSPS) is 11.1. The van der Waals surface area contributed by atoms with Crippen LogP contribution in [0.4, 0.5) is 5.69 Å². The zero-order valence-electron chi connectivity index (χ0n) is 9.78. The Balaban J connectivity index is 3.00. The maximum Gasteiger partial charge on any atom is 0.270 e. The van der Waals surface area contributed by atoms with Crippen molar-refractivity contribution in [2.75, 3.05) is 0 Å². The molecular weight excluding hydrogens is 260 g/mol. The third kappa shape index (κ3) is 3.83. The fraction of sp³-hybridized carbons (Fsp3) is 0.300. The molecule has 0 heterocycles. The number of carbonyl (C=O) groups excluding carboxylic acids is 1. The highest BCUT2D eigenvalue weighted by Gasteiger charge is 2.20. The molecule has 5 nitrogen and oxygen atoms in total. The number of amides is 1. The summed E-state index contributed by atoms with van der Waals surface area (Å²) in [6.07, 6.45) is 0. The van der Waals surface area contributed by atoms with Gasteiger partial charge >= 0.3 is 0 Å². The van der Waals surface area contributed by atoms with E-state index in [0.717, 1.165) is 0 Å². The Morgan fingerprint density at radius 3 is 2.41 bits per heavy atom. The van der Waals surface area contributed by atoms with Gasteiger partial charge in [0.2, 0.25) is 5.91 Å². The van der Waals surface area contributed by atoms with Gasteiger partial charge in [-0.2, -0.15) is 0 Å². The first kappa shape index (κ1) is 13.7. The van der Waals surface area contributed by atoms with Gasteiger partial charge < -0.3 is 4.98 Å². The number of hydrogen-bond acceptors (Lipinski definition) is 3. The Kier molecular flexibility index (Phi) is 3.89. The van der Waals surface area contributed by atoms with Crippen LogP contribution in [0.15, 0.2) is 18.2 Å². The number of non-ortho nitro benzene ring substituents is 1. The summed E-state index contributed by atoms with van der Waals surface area (Å²) < 4.78 is 0. The predicted molar refractivity (Wildman–Crippen MR) is 68.9 cm³/mol. The number of benzene rings is 1. The van der Waals surface area contributed by atoms with Gasteiger partial charge in [-0.25, -0.2) is 0 Å². The van der Waals surface area contributed by atoms with Gasteiger partial charge in [-0.1, -0.05) is 31.2 Å². The molecule has 0 aliphatic rings. The van der Waals surface area contributed by atoms with E-state index in [4.69, 9.17) is 11.6 Å². The smallest absolute Gasteiger partial charge is 0.270 e. The summed E-state index contributed by atoms with van der Waals surface area (Å²) in [7, 11) is -1.75. The average molecular weight is 273 g/mol. The number of nitrogens with one attached hydrogen (secondary N) is 1. The number of nitro benzene ring substituents is 1. The van der Waals surface area contributed by atoms with Gasteiger partial charge in [-0.15, -0.1) is 0 Å². The fourth-order valence-electron chi connectivity index (χ4n) is 1.21. The van der Waals surface area contributed by atoms with Gasteiger partial charge in [0.25, 0.3) is 5.69 Å². The monoisotopic (exact) mass is 272 g/mol. The van der Waals surface area contributed by atoms with E-state index in [-0.39, 0.29) is 22.2 Å². The number of carbonyl (C=O) groups is 1. The van der Waals surface area contributed by atoms with Crippen molar-refractivity contribution in [2.24, 2.45) is 0 Å². The van der Waals surface area contributed by atoms with Crippen molar-refractivity contribution < 1.29 is 9.72 Å². The van der Waals surface area contributed by atoms with Crippen LogP contribution in [-0.2, 0) is 0 Å². The van der Waals surface area contributed by atoms with E-state index in [9.17, 15) is 14.9 Å². The lowest BCUT2D eigenvalue weighted by Crippen LogP contribution is -2.45. The Bertz CT molecular complexity index is 471. The summed E-state index contributed by atoms with van der Waals surface area (Å²) in [5.41, 5.74) is 0.138. The summed E-state index contributed by atoms with van der Waals surface area (Å²) in [5, 5.41) is 10.6. The van der Waals surface area contributed by atoms with Crippen molar-refractivity contribution >= 4 is 31.4 Å². The van der Waals surface area contributed by atoms with Crippen LogP contribution in [0.1, 0.15) is 10.4 Å². The Morgan fingerprint density at radius 1 is 1.41 bits per heavy atom. The first-order chi connectivity index (χ1) is 7.70. The van der Waals surface area contributed by atoms with Gasteiger partial charge in [0, 0.05) is 12.1 Å². The summed E-state index contributed by atoms with van der Waals surface area (Å²) in [5.74, 6) is -0.288. The predicted octanol–water partition coefficient (Wildman–Crippen LogP) is 2.81. The van der Waals surface area contributed by atoms with Crippen molar-refractivity contribution in [3.63, 3.8) is 0 Å². The van der Waals surface area contributed by atoms with E-state index < -0.39 is 13.2 Å². The van der Waals surface area contributed by atoms with Crippen molar-refractivity contribution in [3.8, 4) is 0 Å². The molecular formula is C10H13ClN2O3Si. The van der Waals surface area contributed by atoms with Crippen molar-refractivity contribution in [1.29, 1.82) is 0 Å². The second-order valence-electron chi connectivity index (χ2n) is 4.63. The van der Waals surface area contributed by atoms with Gasteiger partial charge in [0.15, 0.2) is 0 Å². The molecule has 17 heavy (non-hydrogen) atoms. The zero-order chi connectivity index (χ0) is 13.2. The van der Waals surface area contributed by atoms with Crippen LogP contribution in [0.2, 0.25) is 24.7 Å². The molecule has 0 aliphatic carbocycles. The molecule has 0 fully saturated rings. The van der Waals surface area contributed by atoms with Gasteiger partial charge in [-0.3, -0.25) is 14.9 Å². The fourth-order valence-corrected chi connectivity index (χ4v) is 2.29. The number of halogens is 1. The molecule has 0 atom stereocenters. The molecule has 1 N–H and O–H groups in total. The van der Waals surface area contributed by atoms with Crippen LogP contribution in [-0.4, -0.2) is 19.1 Å². The van der Waals surface area contributed by atoms with Crippen LogP contribution in [0.25, 0.3) is 0 Å². The zero-order valence-corrected chi connectivity index (χ0v) is 11.5. The lowest BCUT2D eigenvalue weighted by Gasteiger charge is -2.18. The molecule has 1 aromatic carbocycles. The minimum atomic E-state index is -1.75. The van der Waals surface area contributed by atoms with E-state index in [2.05, 4.69) is 4.98 Å². The highest BCUT2D eigenvalue weighted by atomic mass is 35.5. The number of rotatable bonds is 3. The van der Waals surface area contributed by atoms with E-state index in [1.807, 2.05) is 19.6 Å². The molecule has 0 aliphatic heterocycles. The topological polar surface area (TPSA) is 72.2 Å². The van der Waals surface area contributed by atoms with Crippen LogP contribution >= 0.6 is 11.6 Å². The first-order valence-electron chi connectivity index (χ1n) is 4.97. The standard InChI is InChI=1S/C10H13ClN2O3Si/c1-17(2,3)12-10(14)8-5-4-7(13(15)16)6-9(8)11/h4-6H,1-3H3,(H,12,14). The molecule has 1 amide bonds. The van der Waals surface area contributed by atoms with Crippen molar-refractivity contribution in [2.45, 2.75) is 19.6 Å². The Hall–Kier alpha value is -1.40. The molecule has 1 aromatic rings. The Morgan fingerprint density at radius 2 is 2.00 bits per heavy atom. The molecule has 1 rings (SSSR count). The average Bonchev–Trinajstić information content (AvgIpc) is 2.14. The third-order valence-corrected chi connectivity index (χ3v) is 3.19. The van der Waals surface area contributed by atoms with Crippen molar-refractivity contribution in [1.82, 2.24) is 4.98 Å². The minimum Gasteiger partial charge on any atom is -0.378 e. The molecule has 0 aromatic heterocycles. The molecule has 0 saturated carbocycles. The maximum absolute atomic E-state index is 11.8. The molecule has 0 radical (unpaired) electrons. The van der Waals surface area contributed by atoms with Crippen molar-refractivity contribution in [3.05, 3.63) is 38.9 Å². The summed E-state index contributed by atoms with van der Waals surface area (Å²) >= 11 is 5.85. The molecule has 0 bridgehead atoms. The SMILES string of the molecule is C[Si](C)(C)NC(=O)c1ccc([N+](=O)[O-])cc1Cl. The highest BCUT2D eigenvalue weighted by Crippen LogP contribution is 2.22. The van der Waals surface area contributed by atoms with Crippen LogP contribution in [0.5, 0.6) is 0 Å². The van der Waals surface area contributed by atoms with E-state index in [1.54, 1.807) is 0 Å². The molecule has 0 unspecified atom stereocenters. The number of hydrogen-bond donors (Lipinski definition) is 1. The maximum atomic E-state index is 11.8. The number of nitrogens with zero attached hydrogens (tertiary/aromatic N) is 1. The Labute approximate surface area is 105 Å². The molecule has 7 heteroatoms. The lowest BCUT2D eigenvalue weighted by molar-refractivity contribution is -0.384. The van der Waals surface area contributed by atoms with Crippen LogP contribution < -0.4 is 4.98 Å². The van der Waals surface area contributed by atoms with E-state index >= 15 is 0 Å². The largest absolute Gasteiger partial charge is 0.378 e. The third-order valence-electron chi connectivity index (χ3n) is 1.90. The summed E-state index contributed by atoms with van der Waals surface area (Å²) in [6, 6.07) is 3.82. The van der Waals surface area contributed by atoms with Gasteiger partial charge in [-0.05, 0) is 6.07 Å². The number of nitro groups is 1. The van der Waals surface area contributed by atoms with Gasteiger partial charge in [0.05, 0.1) is 15.5 Å². The van der Waals surface area contributed by atoms with E-state index in [1.165, 1.54) is 18.2 Å².